The van der Waals surface area contributed by atoms with E-state index >= 15 is 0 Å². The molecule has 3 aromatic rings. The van der Waals surface area contributed by atoms with Gasteiger partial charge in [0.05, 0.1) is 17.0 Å². The molecule has 0 spiro atoms. The average Bonchev–Trinajstić information content (AvgIpc) is 3.14. The van der Waals surface area contributed by atoms with Gasteiger partial charge in [-0.25, -0.2) is 4.98 Å². The van der Waals surface area contributed by atoms with Gasteiger partial charge in [-0.05, 0) is 47.9 Å². The number of hydrogen-bond acceptors (Lipinski definition) is 5. The Morgan fingerprint density at radius 3 is 2.76 bits per heavy atom. The highest BCUT2D eigenvalue weighted by Crippen LogP contribution is 2.26. The average molecular weight is 448 g/mol. The molecule has 2 atom stereocenters. The summed E-state index contributed by atoms with van der Waals surface area (Å²) in [6.07, 6.45) is 1.15. The number of carbonyl (C=O) groups excluding carboxylic acids is 1. The third-order valence-electron chi connectivity index (χ3n) is 5.06. The van der Waals surface area contributed by atoms with Gasteiger partial charge in [0.25, 0.3) is 5.56 Å². The quantitative estimate of drug-likeness (QED) is 0.429. The van der Waals surface area contributed by atoms with E-state index < -0.39 is 0 Å². The molecule has 5 nitrogen and oxygen atoms in total. The highest BCUT2D eigenvalue weighted by molar-refractivity contribution is 7.99. The van der Waals surface area contributed by atoms with Crippen molar-refractivity contribution in [3.63, 3.8) is 0 Å². The van der Waals surface area contributed by atoms with Crippen molar-refractivity contribution in [2.75, 3.05) is 18.8 Å². The van der Waals surface area contributed by atoms with Gasteiger partial charge in [0.2, 0.25) is 5.91 Å². The van der Waals surface area contributed by atoms with Crippen molar-refractivity contribution in [2.24, 2.45) is 11.8 Å². The van der Waals surface area contributed by atoms with E-state index in [0.717, 1.165) is 19.5 Å². The van der Waals surface area contributed by atoms with Gasteiger partial charge in [-0.15, -0.1) is 11.3 Å². The summed E-state index contributed by atoms with van der Waals surface area (Å²) >= 11 is 8.83. The van der Waals surface area contributed by atoms with Crippen molar-refractivity contribution < 1.29 is 4.79 Å². The summed E-state index contributed by atoms with van der Waals surface area (Å²) in [5.74, 6) is 1.36. The third kappa shape index (κ3) is 4.37. The van der Waals surface area contributed by atoms with Crippen molar-refractivity contribution in [1.82, 2.24) is 14.5 Å². The van der Waals surface area contributed by atoms with Crippen LogP contribution < -0.4 is 5.56 Å². The Kier molecular flexibility index (Phi) is 5.99. The fraction of sp³-hybridized carbons (Fsp3) is 0.381. The lowest BCUT2D eigenvalue weighted by Gasteiger charge is -2.35. The summed E-state index contributed by atoms with van der Waals surface area (Å²) in [6, 6.07) is 8.98. The molecule has 29 heavy (non-hydrogen) atoms. The topological polar surface area (TPSA) is 55.2 Å². The van der Waals surface area contributed by atoms with Crippen LogP contribution in [0.25, 0.3) is 15.9 Å². The summed E-state index contributed by atoms with van der Waals surface area (Å²) < 4.78 is 2.16. The fourth-order valence-electron chi connectivity index (χ4n) is 3.92. The second-order valence-corrected chi connectivity index (χ2v) is 9.98. The zero-order chi connectivity index (χ0) is 20.5. The summed E-state index contributed by atoms with van der Waals surface area (Å²) in [5.41, 5.74) is 1.18. The van der Waals surface area contributed by atoms with Crippen molar-refractivity contribution >= 4 is 50.8 Å². The maximum atomic E-state index is 13.1. The maximum Gasteiger partial charge on any atom is 0.276 e. The molecule has 1 fully saturated rings. The Morgan fingerprint density at radius 2 is 2.03 bits per heavy atom. The number of carbonyl (C=O) groups is 1. The van der Waals surface area contributed by atoms with Crippen LogP contribution in [0.2, 0.25) is 5.02 Å². The highest BCUT2D eigenvalue weighted by Gasteiger charge is 2.26. The number of thiophene rings is 1. The van der Waals surface area contributed by atoms with Gasteiger partial charge in [-0.3, -0.25) is 14.2 Å². The molecule has 1 aromatic carbocycles. The highest BCUT2D eigenvalue weighted by atomic mass is 35.5. The second kappa shape index (κ2) is 8.50. The fourth-order valence-corrected chi connectivity index (χ4v) is 5.78. The number of piperidine rings is 1. The molecule has 3 heterocycles. The molecular formula is C21H22ClN3O2S2. The van der Waals surface area contributed by atoms with Crippen LogP contribution in [0.3, 0.4) is 0 Å². The van der Waals surface area contributed by atoms with Gasteiger partial charge in [-0.2, -0.15) is 0 Å². The predicted octanol–water partition coefficient (Wildman–Crippen LogP) is 4.70. The number of thioether (sulfide) groups is 1. The number of benzene rings is 1. The van der Waals surface area contributed by atoms with Crippen molar-refractivity contribution in [2.45, 2.75) is 25.4 Å². The van der Waals surface area contributed by atoms with Gasteiger partial charge in [0.15, 0.2) is 5.16 Å². The molecule has 2 aromatic heterocycles. The van der Waals surface area contributed by atoms with Gasteiger partial charge < -0.3 is 4.90 Å². The van der Waals surface area contributed by atoms with Crippen LogP contribution in [-0.2, 0) is 4.79 Å². The van der Waals surface area contributed by atoms with E-state index in [9.17, 15) is 9.59 Å². The maximum absolute atomic E-state index is 13.1. The molecule has 0 saturated carbocycles. The molecular weight excluding hydrogens is 426 g/mol. The van der Waals surface area contributed by atoms with E-state index in [2.05, 4.69) is 18.8 Å². The number of amides is 1. The summed E-state index contributed by atoms with van der Waals surface area (Å²) in [6.45, 7) is 5.96. The Labute approximate surface area is 182 Å². The summed E-state index contributed by atoms with van der Waals surface area (Å²) in [4.78, 5) is 32.6. The van der Waals surface area contributed by atoms with E-state index in [4.69, 9.17) is 11.6 Å². The number of likely N-dealkylation sites (tertiary alicyclic amines) is 1. The number of aromatic nitrogens is 2. The molecule has 8 heteroatoms. The van der Waals surface area contributed by atoms with Gasteiger partial charge >= 0.3 is 0 Å². The zero-order valence-electron chi connectivity index (χ0n) is 16.3. The lowest BCUT2D eigenvalue weighted by molar-refractivity contribution is -0.130. The predicted molar refractivity (Wildman–Crippen MR) is 120 cm³/mol. The normalized spacial score (nSPS) is 19.6. The Morgan fingerprint density at radius 1 is 1.28 bits per heavy atom. The van der Waals surface area contributed by atoms with Crippen molar-refractivity contribution in [3.05, 3.63) is 51.1 Å². The van der Waals surface area contributed by atoms with Crippen LogP contribution in [0.5, 0.6) is 0 Å². The monoisotopic (exact) mass is 447 g/mol. The summed E-state index contributed by atoms with van der Waals surface area (Å²) in [5, 5.41) is 2.91. The first-order valence-corrected chi connectivity index (χ1v) is 11.8. The zero-order valence-corrected chi connectivity index (χ0v) is 18.7. The molecule has 152 valence electrons. The van der Waals surface area contributed by atoms with E-state index in [1.165, 1.54) is 23.1 Å². The number of rotatable bonds is 4. The SMILES string of the molecule is C[C@H]1C[C@H](C)CN(C(=O)CSc2nc3ccsc3c(=O)n2-c2cccc(Cl)c2)C1. The van der Waals surface area contributed by atoms with E-state index in [1.54, 1.807) is 22.8 Å². The minimum Gasteiger partial charge on any atom is -0.341 e. The molecule has 0 N–H and O–H groups in total. The largest absolute Gasteiger partial charge is 0.341 e. The second-order valence-electron chi connectivity index (χ2n) is 7.68. The van der Waals surface area contributed by atoms with E-state index in [1.807, 2.05) is 22.4 Å². The van der Waals surface area contributed by atoms with Gasteiger partial charge in [0.1, 0.15) is 4.70 Å². The first-order valence-electron chi connectivity index (χ1n) is 9.59. The van der Waals surface area contributed by atoms with Crippen LogP contribution in [0.1, 0.15) is 20.3 Å². The van der Waals surface area contributed by atoms with Crippen LogP contribution in [0, 0.1) is 11.8 Å². The van der Waals surface area contributed by atoms with Gasteiger partial charge in [-0.1, -0.05) is 43.3 Å². The molecule has 1 aliphatic rings. The number of halogens is 1. The third-order valence-corrected chi connectivity index (χ3v) is 7.11. The van der Waals surface area contributed by atoms with E-state index in [0.29, 0.717) is 37.9 Å². The minimum atomic E-state index is -0.137. The smallest absolute Gasteiger partial charge is 0.276 e. The lowest BCUT2D eigenvalue weighted by atomic mass is 9.92. The first kappa shape index (κ1) is 20.4. The summed E-state index contributed by atoms with van der Waals surface area (Å²) in [7, 11) is 0. The molecule has 0 radical (unpaired) electrons. The van der Waals surface area contributed by atoms with E-state index in [-0.39, 0.29) is 17.2 Å². The van der Waals surface area contributed by atoms with Crippen molar-refractivity contribution in [1.29, 1.82) is 0 Å². The Bertz CT molecular complexity index is 1100. The molecule has 0 bridgehead atoms. The van der Waals surface area contributed by atoms with Crippen LogP contribution in [0.15, 0.2) is 45.7 Å². The van der Waals surface area contributed by atoms with Crippen LogP contribution >= 0.6 is 34.7 Å². The molecule has 0 unspecified atom stereocenters. The first-order chi connectivity index (χ1) is 13.9. The molecule has 4 rings (SSSR count). The number of fused-ring (bicyclic) bond motifs is 1. The molecule has 1 saturated heterocycles. The Balaban J connectivity index is 1.65. The molecule has 1 amide bonds. The van der Waals surface area contributed by atoms with Crippen LogP contribution in [0.4, 0.5) is 0 Å². The number of hydrogen-bond donors (Lipinski definition) is 0. The molecule has 0 aliphatic carbocycles. The molecule has 1 aliphatic heterocycles. The Hall–Kier alpha value is -1.83. The van der Waals surface area contributed by atoms with Crippen molar-refractivity contribution in [3.8, 4) is 5.69 Å². The minimum absolute atomic E-state index is 0.0886. The standard InChI is InChI=1S/C21H22ClN3O2S2/c1-13-8-14(2)11-24(10-13)18(26)12-29-21-23-17-6-7-28-19(17)20(27)25(21)16-5-3-4-15(22)9-16/h3-7,9,13-14H,8,10-12H2,1-2H3/t13-,14-/m0/s1. The lowest BCUT2D eigenvalue weighted by Crippen LogP contribution is -2.43. The van der Waals surface area contributed by atoms with Crippen LogP contribution in [-0.4, -0.2) is 39.2 Å². The van der Waals surface area contributed by atoms with Gasteiger partial charge in [0, 0.05) is 18.1 Å². The number of nitrogens with zero attached hydrogens (tertiary/aromatic N) is 3.